The first kappa shape index (κ1) is 8.87. The van der Waals surface area contributed by atoms with E-state index in [1.165, 1.54) is 0 Å². The number of ether oxygens (including phenoxy) is 1. The number of nitrogen functional groups attached to an aromatic ring is 1. The summed E-state index contributed by atoms with van der Waals surface area (Å²) >= 11 is 0. The van der Waals surface area contributed by atoms with Gasteiger partial charge < -0.3 is 10.2 Å². The third-order valence-corrected chi connectivity index (χ3v) is 1.86. The van der Waals surface area contributed by atoms with Gasteiger partial charge in [-0.25, -0.2) is 0 Å². The zero-order chi connectivity index (χ0) is 8.97. The second-order valence-electron chi connectivity index (χ2n) is 2.48. The van der Waals surface area contributed by atoms with Gasteiger partial charge in [-0.05, 0) is 18.6 Å². The topological polar surface area (TPSA) is 47.3 Å². The van der Waals surface area contributed by atoms with Crippen molar-refractivity contribution in [2.75, 3.05) is 12.5 Å². The second kappa shape index (κ2) is 3.97. The van der Waals surface area contributed by atoms with Crippen molar-refractivity contribution in [1.82, 2.24) is 0 Å². The van der Waals surface area contributed by atoms with Gasteiger partial charge in [-0.3, -0.25) is 5.84 Å². The first-order valence-electron chi connectivity index (χ1n) is 3.96. The van der Waals surface area contributed by atoms with Gasteiger partial charge in [0.05, 0.1) is 12.8 Å². The van der Waals surface area contributed by atoms with Crippen LogP contribution in [-0.4, -0.2) is 7.11 Å². The standard InChI is InChI=1S/C9H14N2O/c1-3-7-8(11-10)5-4-6-9(7)12-2/h4-6,11H,3,10H2,1-2H3. The zero-order valence-electron chi connectivity index (χ0n) is 7.42. The van der Waals surface area contributed by atoms with Gasteiger partial charge in [0.2, 0.25) is 0 Å². The molecule has 0 radical (unpaired) electrons. The quantitative estimate of drug-likeness (QED) is 0.529. The van der Waals surface area contributed by atoms with Crippen LogP contribution in [0.2, 0.25) is 0 Å². The number of nitrogens with two attached hydrogens (primary N) is 1. The summed E-state index contributed by atoms with van der Waals surface area (Å²) in [6.07, 6.45) is 0.906. The molecular weight excluding hydrogens is 152 g/mol. The molecule has 0 unspecified atom stereocenters. The minimum Gasteiger partial charge on any atom is -0.496 e. The zero-order valence-corrected chi connectivity index (χ0v) is 7.42. The average molecular weight is 166 g/mol. The van der Waals surface area contributed by atoms with Crippen molar-refractivity contribution in [2.45, 2.75) is 13.3 Å². The monoisotopic (exact) mass is 166 g/mol. The van der Waals surface area contributed by atoms with E-state index in [1.807, 2.05) is 18.2 Å². The second-order valence-corrected chi connectivity index (χ2v) is 2.48. The van der Waals surface area contributed by atoms with Gasteiger partial charge in [0.25, 0.3) is 0 Å². The SMILES string of the molecule is CCc1c(NN)cccc1OC. The number of anilines is 1. The van der Waals surface area contributed by atoms with Crippen LogP contribution in [0.25, 0.3) is 0 Å². The largest absolute Gasteiger partial charge is 0.496 e. The molecule has 3 N–H and O–H groups in total. The summed E-state index contributed by atoms with van der Waals surface area (Å²) in [7, 11) is 1.66. The Morgan fingerprint density at radius 2 is 2.25 bits per heavy atom. The van der Waals surface area contributed by atoms with Crippen molar-refractivity contribution in [3.63, 3.8) is 0 Å². The van der Waals surface area contributed by atoms with Gasteiger partial charge in [0.15, 0.2) is 0 Å². The molecule has 1 aromatic carbocycles. The van der Waals surface area contributed by atoms with E-state index >= 15 is 0 Å². The molecule has 66 valence electrons. The van der Waals surface area contributed by atoms with Gasteiger partial charge in [-0.1, -0.05) is 13.0 Å². The van der Waals surface area contributed by atoms with Crippen molar-refractivity contribution in [1.29, 1.82) is 0 Å². The van der Waals surface area contributed by atoms with Gasteiger partial charge in [-0.2, -0.15) is 0 Å². The average Bonchev–Trinajstić information content (AvgIpc) is 2.16. The number of hydrogen-bond acceptors (Lipinski definition) is 3. The summed E-state index contributed by atoms with van der Waals surface area (Å²) in [5, 5.41) is 0. The van der Waals surface area contributed by atoms with E-state index in [1.54, 1.807) is 7.11 Å². The molecule has 0 spiro atoms. The molecule has 3 nitrogen and oxygen atoms in total. The molecule has 1 rings (SSSR count). The molecule has 12 heavy (non-hydrogen) atoms. The molecule has 0 amide bonds. The van der Waals surface area contributed by atoms with Crippen LogP contribution in [0, 0.1) is 0 Å². The maximum absolute atomic E-state index is 5.34. The van der Waals surface area contributed by atoms with E-state index in [0.717, 1.165) is 23.4 Å². The molecule has 0 atom stereocenters. The van der Waals surface area contributed by atoms with Crippen LogP contribution in [-0.2, 0) is 6.42 Å². The van der Waals surface area contributed by atoms with Crippen LogP contribution in [0.1, 0.15) is 12.5 Å². The fourth-order valence-corrected chi connectivity index (χ4v) is 1.26. The Labute approximate surface area is 72.5 Å². The summed E-state index contributed by atoms with van der Waals surface area (Å²) < 4.78 is 5.18. The van der Waals surface area contributed by atoms with E-state index in [4.69, 9.17) is 10.6 Å². The third-order valence-electron chi connectivity index (χ3n) is 1.86. The van der Waals surface area contributed by atoms with Crippen molar-refractivity contribution in [3.8, 4) is 5.75 Å². The smallest absolute Gasteiger partial charge is 0.124 e. The van der Waals surface area contributed by atoms with Crippen molar-refractivity contribution in [2.24, 2.45) is 5.84 Å². The lowest BCUT2D eigenvalue weighted by molar-refractivity contribution is 0.410. The molecule has 0 saturated carbocycles. The molecule has 0 aromatic heterocycles. The summed E-state index contributed by atoms with van der Waals surface area (Å²) in [5.74, 6) is 6.23. The number of benzene rings is 1. The lowest BCUT2D eigenvalue weighted by atomic mass is 10.1. The minimum absolute atomic E-state index is 0.882. The number of hydrogen-bond donors (Lipinski definition) is 2. The first-order valence-corrected chi connectivity index (χ1v) is 3.96. The molecule has 0 aliphatic rings. The number of rotatable bonds is 3. The lowest BCUT2D eigenvalue weighted by Gasteiger charge is -2.10. The predicted molar refractivity (Wildman–Crippen MR) is 50.2 cm³/mol. The van der Waals surface area contributed by atoms with E-state index < -0.39 is 0 Å². The summed E-state index contributed by atoms with van der Waals surface area (Å²) in [6.45, 7) is 2.07. The van der Waals surface area contributed by atoms with E-state index in [2.05, 4.69) is 12.3 Å². The maximum atomic E-state index is 5.34. The Bertz CT molecular complexity index is 238. The van der Waals surface area contributed by atoms with Crippen LogP contribution in [0.4, 0.5) is 5.69 Å². The van der Waals surface area contributed by atoms with E-state index in [0.29, 0.717) is 0 Å². The van der Waals surface area contributed by atoms with Gasteiger partial charge in [-0.15, -0.1) is 0 Å². The highest BCUT2D eigenvalue weighted by molar-refractivity contribution is 5.56. The normalized spacial score (nSPS) is 9.58. The van der Waals surface area contributed by atoms with Crippen LogP contribution < -0.4 is 16.0 Å². The molecule has 1 aromatic rings. The van der Waals surface area contributed by atoms with Crippen LogP contribution in [0.5, 0.6) is 5.75 Å². The summed E-state index contributed by atoms with van der Waals surface area (Å²) in [6, 6.07) is 5.77. The summed E-state index contributed by atoms with van der Waals surface area (Å²) in [4.78, 5) is 0. The Kier molecular flexibility index (Phi) is 2.94. The van der Waals surface area contributed by atoms with Crippen molar-refractivity contribution < 1.29 is 4.74 Å². The highest BCUT2D eigenvalue weighted by atomic mass is 16.5. The highest BCUT2D eigenvalue weighted by Gasteiger charge is 2.04. The number of hydrazine groups is 1. The molecule has 0 aliphatic carbocycles. The molecular formula is C9H14N2O. The van der Waals surface area contributed by atoms with Gasteiger partial charge in [0.1, 0.15) is 5.75 Å². The van der Waals surface area contributed by atoms with Gasteiger partial charge >= 0.3 is 0 Å². The maximum Gasteiger partial charge on any atom is 0.124 e. The Morgan fingerprint density at radius 1 is 1.50 bits per heavy atom. The fraction of sp³-hybridized carbons (Fsp3) is 0.333. The molecule has 0 saturated heterocycles. The minimum atomic E-state index is 0.882. The van der Waals surface area contributed by atoms with E-state index in [9.17, 15) is 0 Å². The Morgan fingerprint density at radius 3 is 2.75 bits per heavy atom. The number of nitrogens with one attached hydrogen (secondary N) is 1. The fourth-order valence-electron chi connectivity index (χ4n) is 1.26. The highest BCUT2D eigenvalue weighted by Crippen LogP contribution is 2.25. The Balaban J connectivity index is 3.13. The third kappa shape index (κ3) is 1.51. The predicted octanol–water partition coefficient (Wildman–Crippen LogP) is 1.54. The van der Waals surface area contributed by atoms with Crippen molar-refractivity contribution in [3.05, 3.63) is 23.8 Å². The van der Waals surface area contributed by atoms with Crippen LogP contribution in [0.15, 0.2) is 18.2 Å². The van der Waals surface area contributed by atoms with Crippen LogP contribution in [0.3, 0.4) is 0 Å². The Hall–Kier alpha value is -1.22. The first-order chi connectivity index (χ1) is 5.83. The van der Waals surface area contributed by atoms with E-state index in [-0.39, 0.29) is 0 Å². The molecule has 3 heteroatoms. The molecule has 0 bridgehead atoms. The van der Waals surface area contributed by atoms with Crippen LogP contribution >= 0.6 is 0 Å². The molecule has 0 aliphatic heterocycles. The van der Waals surface area contributed by atoms with Gasteiger partial charge in [0, 0.05) is 5.56 Å². The lowest BCUT2D eigenvalue weighted by Crippen LogP contribution is -2.09. The number of methoxy groups -OCH3 is 1. The summed E-state index contributed by atoms with van der Waals surface area (Å²) in [5.41, 5.74) is 4.68. The molecule has 0 heterocycles. The van der Waals surface area contributed by atoms with Crippen molar-refractivity contribution >= 4 is 5.69 Å². The molecule has 0 fully saturated rings.